The van der Waals surface area contributed by atoms with Gasteiger partial charge in [0.2, 0.25) is 0 Å². The molecule has 0 spiro atoms. The van der Waals surface area contributed by atoms with Gasteiger partial charge in [-0.1, -0.05) is 0 Å². The molecule has 0 aliphatic rings. The van der Waals surface area contributed by atoms with Crippen molar-refractivity contribution in [3.63, 3.8) is 0 Å². The minimum absolute atomic E-state index is 0.475. The SMILES string of the molecule is COc1ccc(-n2ccc(N)n2)nc1. The fraction of sp³-hybridized carbons (Fsp3) is 0.111. The minimum atomic E-state index is 0.475. The van der Waals surface area contributed by atoms with Crippen LogP contribution in [0, 0.1) is 0 Å². The Morgan fingerprint density at radius 3 is 2.71 bits per heavy atom. The second kappa shape index (κ2) is 3.37. The lowest BCUT2D eigenvalue weighted by molar-refractivity contribution is 0.412. The van der Waals surface area contributed by atoms with Gasteiger partial charge >= 0.3 is 0 Å². The number of pyridine rings is 1. The first-order valence-electron chi connectivity index (χ1n) is 4.11. The van der Waals surface area contributed by atoms with Gasteiger partial charge in [0.1, 0.15) is 11.6 Å². The summed E-state index contributed by atoms with van der Waals surface area (Å²) >= 11 is 0. The second-order valence-electron chi connectivity index (χ2n) is 2.74. The average molecular weight is 190 g/mol. The van der Waals surface area contributed by atoms with Gasteiger partial charge in [-0.15, -0.1) is 5.10 Å². The maximum absolute atomic E-state index is 5.49. The van der Waals surface area contributed by atoms with Gasteiger partial charge in [0.15, 0.2) is 5.82 Å². The number of hydrogen-bond acceptors (Lipinski definition) is 4. The third-order valence-electron chi connectivity index (χ3n) is 1.80. The Bertz CT molecular complexity index is 421. The highest BCUT2D eigenvalue weighted by Gasteiger charge is 1.99. The van der Waals surface area contributed by atoms with Crippen molar-refractivity contribution in [2.75, 3.05) is 12.8 Å². The molecule has 0 saturated heterocycles. The quantitative estimate of drug-likeness (QED) is 0.762. The van der Waals surface area contributed by atoms with Crippen LogP contribution in [0.25, 0.3) is 5.82 Å². The van der Waals surface area contributed by atoms with Gasteiger partial charge in [0.25, 0.3) is 0 Å². The number of nitrogen functional groups attached to an aromatic ring is 1. The number of hydrogen-bond donors (Lipinski definition) is 1. The molecule has 2 N–H and O–H groups in total. The maximum Gasteiger partial charge on any atom is 0.153 e. The van der Waals surface area contributed by atoms with Crippen molar-refractivity contribution in [1.82, 2.24) is 14.8 Å². The van der Waals surface area contributed by atoms with Gasteiger partial charge in [0, 0.05) is 12.3 Å². The zero-order valence-corrected chi connectivity index (χ0v) is 7.71. The molecule has 0 unspecified atom stereocenters. The third kappa shape index (κ3) is 1.52. The highest BCUT2D eigenvalue weighted by molar-refractivity contribution is 5.32. The molecular formula is C9H10N4O. The number of anilines is 1. The van der Waals surface area contributed by atoms with Gasteiger partial charge < -0.3 is 10.5 Å². The van der Waals surface area contributed by atoms with E-state index in [2.05, 4.69) is 10.1 Å². The molecule has 72 valence electrons. The molecule has 0 aromatic carbocycles. The van der Waals surface area contributed by atoms with E-state index < -0.39 is 0 Å². The van der Waals surface area contributed by atoms with E-state index in [1.165, 1.54) is 0 Å². The van der Waals surface area contributed by atoms with E-state index in [0.29, 0.717) is 17.4 Å². The maximum atomic E-state index is 5.49. The summed E-state index contributed by atoms with van der Waals surface area (Å²) in [4.78, 5) is 4.15. The first-order chi connectivity index (χ1) is 6.79. The van der Waals surface area contributed by atoms with Gasteiger partial charge in [0.05, 0.1) is 13.3 Å². The van der Waals surface area contributed by atoms with Crippen LogP contribution in [0.15, 0.2) is 30.6 Å². The number of nitrogens with two attached hydrogens (primary N) is 1. The fourth-order valence-electron chi connectivity index (χ4n) is 1.09. The predicted molar refractivity (Wildman–Crippen MR) is 52.3 cm³/mol. The van der Waals surface area contributed by atoms with Gasteiger partial charge in [-0.25, -0.2) is 9.67 Å². The van der Waals surface area contributed by atoms with Crippen molar-refractivity contribution in [2.45, 2.75) is 0 Å². The lowest BCUT2D eigenvalue weighted by Crippen LogP contribution is -1.99. The third-order valence-corrected chi connectivity index (χ3v) is 1.80. The number of ether oxygens (including phenoxy) is 1. The van der Waals surface area contributed by atoms with E-state index in [1.807, 2.05) is 12.1 Å². The molecule has 0 fully saturated rings. The summed E-state index contributed by atoms with van der Waals surface area (Å²) in [5.41, 5.74) is 5.49. The molecule has 0 saturated carbocycles. The standard InChI is InChI=1S/C9H10N4O/c1-14-7-2-3-9(11-6-7)13-5-4-8(10)12-13/h2-6H,1H3,(H2,10,12). The number of rotatable bonds is 2. The summed E-state index contributed by atoms with van der Waals surface area (Å²) in [6, 6.07) is 5.34. The first kappa shape index (κ1) is 8.55. The van der Waals surface area contributed by atoms with Crippen molar-refractivity contribution in [3.8, 4) is 11.6 Å². The van der Waals surface area contributed by atoms with Crippen LogP contribution >= 0.6 is 0 Å². The molecule has 5 nitrogen and oxygen atoms in total. The van der Waals surface area contributed by atoms with Crippen LogP contribution in [-0.4, -0.2) is 21.9 Å². The second-order valence-corrected chi connectivity index (χ2v) is 2.74. The Morgan fingerprint density at radius 1 is 1.36 bits per heavy atom. The number of aromatic nitrogens is 3. The van der Waals surface area contributed by atoms with E-state index in [9.17, 15) is 0 Å². The highest BCUT2D eigenvalue weighted by Crippen LogP contribution is 2.11. The smallest absolute Gasteiger partial charge is 0.153 e. The molecule has 0 radical (unpaired) electrons. The van der Waals surface area contributed by atoms with Gasteiger partial charge in [-0.05, 0) is 12.1 Å². The van der Waals surface area contributed by atoms with Crippen molar-refractivity contribution in [1.29, 1.82) is 0 Å². The molecule has 2 rings (SSSR count). The Labute approximate surface area is 81.1 Å². The van der Waals surface area contributed by atoms with Crippen LogP contribution in [-0.2, 0) is 0 Å². The lowest BCUT2D eigenvalue weighted by atomic mass is 10.4. The fourth-order valence-corrected chi connectivity index (χ4v) is 1.09. The van der Waals surface area contributed by atoms with Crippen molar-refractivity contribution in [3.05, 3.63) is 30.6 Å². The molecule has 2 aromatic rings. The van der Waals surface area contributed by atoms with E-state index in [1.54, 1.807) is 30.3 Å². The predicted octanol–water partition coefficient (Wildman–Crippen LogP) is 0.858. The number of nitrogens with zero attached hydrogens (tertiary/aromatic N) is 3. The zero-order valence-electron chi connectivity index (χ0n) is 7.71. The summed E-state index contributed by atoms with van der Waals surface area (Å²) in [7, 11) is 1.60. The van der Waals surface area contributed by atoms with Crippen LogP contribution < -0.4 is 10.5 Å². The minimum Gasteiger partial charge on any atom is -0.495 e. The monoisotopic (exact) mass is 190 g/mol. The molecule has 0 amide bonds. The Morgan fingerprint density at radius 2 is 2.21 bits per heavy atom. The Balaban J connectivity index is 2.33. The van der Waals surface area contributed by atoms with Gasteiger partial charge in [-0.2, -0.15) is 0 Å². The molecule has 14 heavy (non-hydrogen) atoms. The van der Waals surface area contributed by atoms with E-state index >= 15 is 0 Å². The van der Waals surface area contributed by atoms with Crippen molar-refractivity contribution >= 4 is 5.82 Å². The van der Waals surface area contributed by atoms with Crippen LogP contribution in [0.5, 0.6) is 5.75 Å². The largest absolute Gasteiger partial charge is 0.495 e. The summed E-state index contributed by atoms with van der Waals surface area (Å²) in [5.74, 6) is 1.90. The molecule has 2 heterocycles. The summed E-state index contributed by atoms with van der Waals surface area (Å²) in [6.45, 7) is 0. The normalized spacial score (nSPS) is 10.1. The van der Waals surface area contributed by atoms with E-state index in [4.69, 9.17) is 10.5 Å². The molecule has 0 atom stereocenters. The Hall–Kier alpha value is -2.04. The average Bonchev–Trinajstić information content (AvgIpc) is 2.65. The van der Waals surface area contributed by atoms with Crippen molar-refractivity contribution in [2.24, 2.45) is 0 Å². The molecule has 2 aromatic heterocycles. The summed E-state index contributed by atoms with van der Waals surface area (Å²) in [6.07, 6.45) is 3.39. The van der Waals surface area contributed by atoms with Crippen LogP contribution in [0.4, 0.5) is 5.82 Å². The first-order valence-corrected chi connectivity index (χ1v) is 4.11. The van der Waals surface area contributed by atoms with Crippen LogP contribution in [0.3, 0.4) is 0 Å². The Kier molecular flexibility index (Phi) is 2.06. The van der Waals surface area contributed by atoms with Gasteiger partial charge in [-0.3, -0.25) is 0 Å². The molecular weight excluding hydrogens is 180 g/mol. The van der Waals surface area contributed by atoms with Crippen LogP contribution in [0.1, 0.15) is 0 Å². The molecule has 0 aliphatic carbocycles. The topological polar surface area (TPSA) is 66.0 Å². The van der Waals surface area contributed by atoms with E-state index in [0.717, 1.165) is 0 Å². The van der Waals surface area contributed by atoms with Crippen LogP contribution in [0.2, 0.25) is 0 Å². The molecule has 0 bridgehead atoms. The number of methoxy groups -OCH3 is 1. The lowest BCUT2D eigenvalue weighted by Gasteiger charge is -2.01. The zero-order chi connectivity index (χ0) is 9.97. The summed E-state index contributed by atoms with van der Waals surface area (Å²) in [5, 5.41) is 4.03. The summed E-state index contributed by atoms with van der Waals surface area (Å²) < 4.78 is 6.60. The molecule has 0 aliphatic heterocycles. The highest BCUT2D eigenvalue weighted by atomic mass is 16.5. The van der Waals surface area contributed by atoms with Crippen molar-refractivity contribution < 1.29 is 4.74 Å². The molecule has 5 heteroatoms. The van der Waals surface area contributed by atoms with E-state index in [-0.39, 0.29) is 0 Å².